The highest BCUT2D eigenvalue weighted by Crippen LogP contribution is 2.27. The van der Waals surface area contributed by atoms with E-state index in [0.717, 1.165) is 11.1 Å². The Balaban J connectivity index is 2.37. The second-order valence-corrected chi connectivity index (χ2v) is 6.71. The molecule has 3 N–H and O–H groups in total. The van der Waals surface area contributed by atoms with E-state index in [9.17, 15) is 8.42 Å². The Labute approximate surface area is 125 Å². The van der Waals surface area contributed by atoms with Gasteiger partial charge < -0.3 is 5.73 Å². The summed E-state index contributed by atoms with van der Waals surface area (Å²) in [5, 5.41) is 0. The Morgan fingerprint density at radius 1 is 1.19 bits per heavy atom. The van der Waals surface area contributed by atoms with E-state index in [2.05, 4.69) is 9.71 Å². The zero-order chi connectivity index (χ0) is 15.6. The fourth-order valence-corrected chi connectivity index (χ4v) is 3.76. The van der Waals surface area contributed by atoms with E-state index in [4.69, 9.17) is 5.73 Å². The van der Waals surface area contributed by atoms with Gasteiger partial charge in [0.1, 0.15) is 0 Å². The van der Waals surface area contributed by atoms with Gasteiger partial charge >= 0.3 is 0 Å². The molecule has 0 saturated carbocycles. The maximum Gasteiger partial charge on any atom is 0.241 e. The number of nitrogens with one attached hydrogen (secondary N) is 1. The lowest BCUT2D eigenvalue weighted by Crippen LogP contribution is -2.25. The molecule has 0 bridgehead atoms. The maximum atomic E-state index is 12.6. The van der Waals surface area contributed by atoms with Crippen molar-refractivity contribution < 1.29 is 8.42 Å². The summed E-state index contributed by atoms with van der Waals surface area (Å²) >= 11 is 0. The van der Waals surface area contributed by atoms with Crippen molar-refractivity contribution in [2.45, 2.75) is 32.2 Å². The van der Waals surface area contributed by atoms with E-state index in [1.807, 2.05) is 13.0 Å². The summed E-state index contributed by atoms with van der Waals surface area (Å²) in [7, 11) is -3.63. The van der Waals surface area contributed by atoms with Crippen molar-refractivity contribution in [2.75, 3.05) is 5.73 Å². The summed E-state index contributed by atoms with van der Waals surface area (Å²) in [6.45, 7) is 5.51. The molecule has 1 heterocycles. The third-order valence-corrected chi connectivity index (χ3v) is 5.19. The number of hydrogen-bond acceptors (Lipinski definition) is 4. The first kappa shape index (κ1) is 15.5. The SMILES string of the molecule is Cc1cc(N)c(C)c(S(=O)(=O)NCc2ccccn2)c1C. The topological polar surface area (TPSA) is 85.1 Å². The quantitative estimate of drug-likeness (QED) is 0.847. The summed E-state index contributed by atoms with van der Waals surface area (Å²) in [6.07, 6.45) is 1.63. The lowest BCUT2D eigenvalue weighted by atomic mass is 10.1. The van der Waals surface area contributed by atoms with Gasteiger partial charge in [-0.05, 0) is 55.7 Å². The molecule has 112 valence electrons. The number of nitrogens with zero attached hydrogens (tertiary/aromatic N) is 1. The van der Waals surface area contributed by atoms with Crippen LogP contribution >= 0.6 is 0 Å². The molecule has 0 saturated heterocycles. The van der Waals surface area contributed by atoms with Crippen LogP contribution in [0.4, 0.5) is 5.69 Å². The molecule has 2 aromatic rings. The fraction of sp³-hybridized carbons (Fsp3) is 0.267. The average molecular weight is 305 g/mol. The zero-order valence-corrected chi connectivity index (χ0v) is 13.2. The van der Waals surface area contributed by atoms with Crippen LogP contribution in [-0.4, -0.2) is 13.4 Å². The molecule has 0 aliphatic heterocycles. The fourth-order valence-electron chi connectivity index (χ4n) is 2.19. The van der Waals surface area contributed by atoms with Crippen LogP contribution in [0.3, 0.4) is 0 Å². The van der Waals surface area contributed by atoms with E-state index < -0.39 is 10.0 Å². The molecule has 0 atom stereocenters. The van der Waals surface area contributed by atoms with Crippen molar-refractivity contribution in [3.05, 3.63) is 52.8 Å². The first-order valence-corrected chi connectivity index (χ1v) is 8.07. The van der Waals surface area contributed by atoms with Crippen molar-refractivity contribution in [3.8, 4) is 0 Å². The van der Waals surface area contributed by atoms with Gasteiger partial charge in [0.05, 0.1) is 17.1 Å². The molecule has 6 heteroatoms. The third-order valence-electron chi connectivity index (χ3n) is 3.52. The largest absolute Gasteiger partial charge is 0.398 e. The highest BCUT2D eigenvalue weighted by molar-refractivity contribution is 7.89. The normalized spacial score (nSPS) is 11.6. The first-order chi connectivity index (χ1) is 9.83. The number of nitrogen functional groups attached to an aromatic ring is 1. The minimum Gasteiger partial charge on any atom is -0.398 e. The Morgan fingerprint density at radius 3 is 2.52 bits per heavy atom. The third kappa shape index (κ3) is 3.22. The van der Waals surface area contributed by atoms with Gasteiger partial charge in [-0.3, -0.25) is 4.98 Å². The van der Waals surface area contributed by atoms with Crippen molar-refractivity contribution in [2.24, 2.45) is 0 Å². The smallest absolute Gasteiger partial charge is 0.241 e. The molecule has 0 fully saturated rings. The molecule has 0 amide bonds. The van der Waals surface area contributed by atoms with E-state index in [0.29, 0.717) is 16.9 Å². The van der Waals surface area contributed by atoms with E-state index in [1.54, 1.807) is 38.2 Å². The Hall–Kier alpha value is -1.92. The lowest BCUT2D eigenvalue weighted by molar-refractivity contribution is 0.579. The number of aryl methyl sites for hydroxylation is 1. The van der Waals surface area contributed by atoms with Crippen molar-refractivity contribution in [1.82, 2.24) is 9.71 Å². The Morgan fingerprint density at radius 2 is 1.90 bits per heavy atom. The van der Waals surface area contributed by atoms with Crippen LogP contribution in [0.1, 0.15) is 22.4 Å². The minimum absolute atomic E-state index is 0.149. The van der Waals surface area contributed by atoms with Gasteiger partial charge in [-0.25, -0.2) is 13.1 Å². The van der Waals surface area contributed by atoms with Crippen LogP contribution in [0.15, 0.2) is 35.4 Å². The summed E-state index contributed by atoms with van der Waals surface area (Å²) in [5.41, 5.74) is 9.19. The number of aromatic nitrogens is 1. The standard InChI is InChI=1S/C15H19N3O2S/c1-10-8-14(16)12(3)15(11(10)2)21(19,20)18-9-13-6-4-5-7-17-13/h4-8,18H,9,16H2,1-3H3. The van der Waals surface area contributed by atoms with Gasteiger partial charge in [0.15, 0.2) is 0 Å². The predicted molar refractivity (Wildman–Crippen MR) is 83.3 cm³/mol. The van der Waals surface area contributed by atoms with E-state index in [-0.39, 0.29) is 11.4 Å². The molecule has 0 radical (unpaired) electrons. The molecule has 0 spiro atoms. The maximum absolute atomic E-state index is 12.6. The Kier molecular flexibility index (Phi) is 4.29. The monoisotopic (exact) mass is 305 g/mol. The minimum atomic E-state index is -3.63. The molecule has 0 aliphatic carbocycles. The van der Waals surface area contributed by atoms with Crippen LogP contribution in [-0.2, 0) is 16.6 Å². The molecule has 1 aromatic heterocycles. The molecular formula is C15H19N3O2S. The number of hydrogen-bond donors (Lipinski definition) is 2. The van der Waals surface area contributed by atoms with Gasteiger partial charge in [-0.15, -0.1) is 0 Å². The van der Waals surface area contributed by atoms with Gasteiger partial charge in [0, 0.05) is 11.9 Å². The molecule has 21 heavy (non-hydrogen) atoms. The van der Waals surface area contributed by atoms with Crippen LogP contribution in [0.25, 0.3) is 0 Å². The number of anilines is 1. The average Bonchev–Trinajstić information content (AvgIpc) is 2.44. The second kappa shape index (κ2) is 5.83. The molecule has 0 unspecified atom stereocenters. The van der Waals surface area contributed by atoms with Crippen LogP contribution in [0.5, 0.6) is 0 Å². The summed E-state index contributed by atoms with van der Waals surface area (Å²) in [5.74, 6) is 0. The predicted octanol–water partition coefficient (Wildman–Crippen LogP) is 2.07. The highest BCUT2D eigenvalue weighted by atomic mass is 32.2. The molecular weight excluding hydrogens is 286 g/mol. The number of benzene rings is 1. The van der Waals surface area contributed by atoms with Crippen LogP contribution in [0, 0.1) is 20.8 Å². The van der Waals surface area contributed by atoms with E-state index >= 15 is 0 Å². The molecule has 1 aromatic carbocycles. The van der Waals surface area contributed by atoms with Crippen molar-refractivity contribution in [3.63, 3.8) is 0 Å². The van der Waals surface area contributed by atoms with Crippen molar-refractivity contribution >= 4 is 15.7 Å². The first-order valence-electron chi connectivity index (χ1n) is 6.59. The van der Waals surface area contributed by atoms with Gasteiger partial charge in [0.25, 0.3) is 0 Å². The zero-order valence-electron chi connectivity index (χ0n) is 12.3. The number of pyridine rings is 1. The highest BCUT2D eigenvalue weighted by Gasteiger charge is 2.22. The van der Waals surface area contributed by atoms with Crippen molar-refractivity contribution in [1.29, 1.82) is 0 Å². The number of nitrogens with two attached hydrogens (primary N) is 1. The number of rotatable bonds is 4. The van der Waals surface area contributed by atoms with Crippen LogP contribution in [0.2, 0.25) is 0 Å². The van der Waals surface area contributed by atoms with Gasteiger partial charge in [-0.1, -0.05) is 6.07 Å². The summed E-state index contributed by atoms with van der Waals surface area (Å²) < 4.78 is 27.7. The molecule has 5 nitrogen and oxygen atoms in total. The Bertz CT molecular complexity index is 730. The van der Waals surface area contributed by atoms with E-state index in [1.165, 1.54) is 0 Å². The molecule has 0 aliphatic rings. The lowest BCUT2D eigenvalue weighted by Gasteiger charge is -2.15. The number of sulfonamides is 1. The summed E-state index contributed by atoms with van der Waals surface area (Å²) in [6, 6.07) is 7.17. The van der Waals surface area contributed by atoms with Gasteiger partial charge in [-0.2, -0.15) is 0 Å². The van der Waals surface area contributed by atoms with Gasteiger partial charge in [0.2, 0.25) is 10.0 Å². The second-order valence-electron chi connectivity index (χ2n) is 5.01. The van der Waals surface area contributed by atoms with Crippen LogP contribution < -0.4 is 10.5 Å². The summed E-state index contributed by atoms with van der Waals surface area (Å²) in [4.78, 5) is 4.36. The molecule has 2 rings (SSSR count).